The molecule has 1 aliphatic heterocycles. The van der Waals surface area contributed by atoms with Crippen LogP contribution >= 0.6 is 0 Å². The van der Waals surface area contributed by atoms with Gasteiger partial charge in [-0.2, -0.15) is 0 Å². The van der Waals surface area contributed by atoms with Gasteiger partial charge in [-0.05, 0) is 42.6 Å². The molecule has 0 aromatic heterocycles. The van der Waals surface area contributed by atoms with Gasteiger partial charge in [0.05, 0.1) is 0 Å². The van der Waals surface area contributed by atoms with E-state index < -0.39 is 0 Å². The summed E-state index contributed by atoms with van der Waals surface area (Å²) < 4.78 is 0. The van der Waals surface area contributed by atoms with Gasteiger partial charge in [0.25, 0.3) is 0 Å². The zero-order chi connectivity index (χ0) is 14.5. The van der Waals surface area contributed by atoms with Crippen LogP contribution in [0.25, 0.3) is 0 Å². The summed E-state index contributed by atoms with van der Waals surface area (Å²) in [5.74, 6) is 2.49. The molecule has 1 fully saturated rings. The van der Waals surface area contributed by atoms with Crippen molar-refractivity contribution in [2.45, 2.75) is 54.4 Å². The van der Waals surface area contributed by atoms with Crippen LogP contribution in [0, 0.1) is 23.2 Å². The first kappa shape index (κ1) is 17.0. The van der Waals surface area contributed by atoms with Gasteiger partial charge >= 0.3 is 0 Å². The third-order valence-electron chi connectivity index (χ3n) is 5.18. The molecule has 2 nitrogen and oxygen atoms in total. The highest BCUT2D eigenvalue weighted by Gasteiger charge is 2.33. The second kappa shape index (κ2) is 7.64. The first-order valence-corrected chi connectivity index (χ1v) is 8.35. The monoisotopic (exact) mass is 268 g/mol. The van der Waals surface area contributed by atoms with E-state index in [2.05, 4.69) is 51.8 Å². The molecule has 0 saturated carbocycles. The Morgan fingerprint density at radius 1 is 1.11 bits per heavy atom. The van der Waals surface area contributed by atoms with Crippen LogP contribution in [-0.2, 0) is 0 Å². The van der Waals surface area contributed by atoms with Gasteiger partial charge in [-0.25, -0.2) is 0 Å². The number of nitrogens with zero attached hydrogens (tertiary/aromatic N) is 1. The average molecular weight is 268 g/mol. The van der Waals surface area contributed by atoms with Crippen molar-refractivity contribution >= 4 is 0 Å². The Bertz CT molecular complexity index is 236. The maximum absolute atomic E-state index is 3.70. The van der Waals surface area contributed by atoms with Crippen LogP contribution in [0.5, 0.6) is 0 Å². The zero-order valence-electron chi connectivity index (χ0n) is 14.1. The second-order valence-electron chi connectivity index (χ2n) is 7.38. The SMILES string of the molecule is CCC(CC)(CNCC(C)C)CN1CC(C)C(C)C1. The largest absolute Gasteiger partial charge is 0.316 e. The molecule has 1 aliphatic rings. The smallest absolute Gasteiger partial charge is 0.00502 e. The van der Waals surface area contributed by atoms with Crippen molar-refractivity contribution in [3.8, 4) is 0 Å². The third kappa shape index (κ3) is 5.07. The van der Waals surface area contributed by atoms with Crippen molar-refractivity contribution in [3.63, 3.8) is 0 Å². The predicted octanol–water partition coefficient (Wildman–Crippen LogP) is 3.63. The highest BCUT2D eigenvalue weighted by Crippen LogP contribution is 2.31. The lowest BCUT2D eigenvalue weighted by Gasteiger charge is -2.36. The van der Waals surface area contributed by atoms with Crippen molar-refractivity contribution in [2.75, 3.05) is 32.7 Å². The molecular formula is C17H36N2. The Balaban J connectivity index is 2.51. The number of hydrogen-bond acceptors (Lipinski definition) is 2. The minimum atomic E-state index is 0.471. The average Bonchev–Trinajstić information content (AvgIpc) is 2.66. The van der Waals surface area contributed by atoms with Crippen LogP contribution in [-0.4, -0.2) is 37.6 Å². The third-order valence-corrected chi connectivity index (χ3v) is 5.18. The van der Waals surface area contributed by atoms with Gasteiger partial charge in [0, 0.05) is 26.2 Å². The molecule has 0 bridgehead atoms. The lowest BCUT2D eigenvalue weighted by Crippen LogP contribution is -2.43. The Morgan fingerprint density at radius 3 is 2.05 bits per heavy atom. The highest BCUT2D eigenvalue weighted by molar-refractivity contribution is 4.87. The van der Waals surface area contributed by atoms with Gasteiger partial charge in [-0.15, -0.1) is 0 Å². The summed E-state index contributed by atoms with van der Waals surface area (Å²) >= 11 is 0. The van der Waals surface area contributed by atoms with E-state index in [1.165, 1.54) is 39.0 Å². The topological polar surface area (TPSA) is 15.3 Å². The first-order chi connectivity index (χ1) is 8.92. The van der Waals surface area contributed by atoms with Gasteiger partial charge in [0.2, 0.25) is 0 Å². The molecule has 0 aromatic rings. The molecule has 0 spiro atoms. The van der Waals surface area contributed by atoms with E-state index in [9.17, 15) is 0 Å². The summed E-state index contributed by atoms with van der Waals surface area (Å²) in [5, 5.41) is 3.70. The molecule has 0 radical (unpaired) electrons. The van der Waals surface area contributed by atoms with E-state index in [4.69, 9.17) is 0 Å². The molecule has 1 N–H and O–H groups in total. The summed E-state index contributed by atoms with van der Waals surface area (Å²) in [6, 6.07) is 0. The second-order valence-corrected chi connectivity index (χ2v) is 7.38. The van der Waals surface area contributed by atoms with Crippen LogP contribution in [0.15, 0.2) is 0 Å². The van der Waals surface area contributed by atoms with E-state index in [0.717, 1.165) is 24.3 Å². The van der Waals surface area contributed by atoms with E-state index >= 15 is 0 Å². The van der Waals surface area contributed by atoms with Crippen LogP contribution in [0.3, 0.4) is 0 Å². The van der Waals surface area contributed by atoms with Gasteiger partial charge < -0.3 is 10.2 Å². The Labute approximate surface area is 121 Å². The molecule has 0 aromatic carbocycles. The van der Waals surface area contributed by atoms with E-state index in [-0.39, 0.29) is 0 Å². The molecule has 0 aliphatic carbocycles. The maximum atomic E-state index is 3.70. The van der Waals surface area contributed by atoms with Gasteiger partial charge in [-0.1, -0.05) is 41.5 Å². The zero-order valence-corrected chi connectivity index (χ0v) is 14.1. The summed E-state index contributed by atoms with van der Waals surface area (Å²) in [7, 11) is 0. The molecule has 2 unspecified atom stereocenters. The van der Waals surface area contributed by atoms with Crippen molar-refractivity contribution in [2.24, 2.45) is 23.2 Å². The molecule has 2 atom stereocenters. The quantitative estimate of drug-likeness (QED) is 0.723. The van der Waals surface area contributed by atoms with E-state index in [1.54, 1.807) is 0 Å². The molecule has 1 saturated heterocycles. The maximum Gasteiger partial charge on any atom is 0.00502 e. The summed E-state index contributed by atoms with van der Waals surface area (Å²) in [6.45, 7) is 20.3. The molecule has 19 heavy (non-hydrogen) atoms. The fourth-order valence-electron chi connectivity index (χ4n) is 3.26. The molecule has 2 heteroatoms. The van der Waals surface area contributed by atoms with Crippen molar-refractivity contribution in [1.29, 1.82) is 0 Å². The van der Waals surface area contributed by atoms with Crippen LogP contribution < -0.4 is 5.32 Å². The molecule has 0 amide bonds. The lowest BCUT2D eigenvalue weighted by atomic mass is 9.81. The minimum Gasteiger partial charge on any atom is -0.316 e. The molecular weight excluding hydrogens is 232 g/mol. The van der Waals surface area contributed by atoms with Crippen LogP contribution in [0.2, 0.25) is 0 Å². The Morgan fingerprint density at radius 2 is 1.63 bits per heavy atom. The normalized spacial score (nSPS) is 25.4. The van der Waals surface area contributed by atoms with E-state index in [1.807, 2.05) is 0 Å². The fraction of sp³-hybridized carbons (Fsp3) is 1.00. The molecule has 1 rings (SSSR count). The van der Waals surface area contributed by atoms with Gasteiger partial charge in [-0.3, -0.25) is 0 Å². The van der Waals surface area contributed by atoms with Crippen molar-refractivity contribution < 1.29 is 0 Å². The fourth-order valence-corrected chi connectivity index (χ4v) is 3.26. The number of hydrogen-bond donors (Lipinski definition) is 1. The summed E-state index contributed by atoms with van der Waals surface area (Å²) in [5.41, 5.74) is 0.471. The number of nitrogens with one attached hydrogen (secondary N) is 1. The Hall–Kier alpha value is -0.0800. The minimum absolute atomic E-state index is 0.471. The summed E-state index contributed by atoms with van der Waals surface area (Å²) in [6.07, 6.45) is 2.57. The van der Waals surface area contributed by atoms with Gasteiger partial charge in [0.1, 0.15) is 0 Å². The van der Waals surface area contributed by atoms with Crippen molar-refractivity contribution in [3.05, 3.63) is 0 Å². The summed E-state index contributed by atoms with van der Waals surface area (Å²) in [4.78, 5) is 2.71. The van der Waals surface area contributed by atoms with Crippen LogP contribution in [0.4, 0.5) is 0 Å². The molecule has 114 valence electrons. The lowest BCUT2D eigenvalue weighted by molar-refractivity contribution is 0.149. The van der Waals surface area contributed by atoms with Crippen LogP contribution in [0.1, 0.15) is 54.4 Å². The standard InChI is InChI=1S/C17H36N2/c1-7-17(8-2,12-18-9-14(3)4)13-19-10-15(5)16(6)11-19/h14-16,18H,7-13H2,1-6H3. The number of likely N-dealkylation sites (tertiary alicyclic amines) is 1. The number of rotatable bonds is 8. The molecule has 1 heterocycles. The van der Waals surface area contributed by atoms with Crippen molar-refractivity contribution in [1.82, 2.24) is 10.2 Å². The highest BCUT2D eigenvalue weighted by atomic mass is 15.2. The van der Waals surface area contributed by atoms with E-state index in [0.29, 0.717) is 5.41 Å². The Kier molecular flexibility index (Phi) is 6.82. The van der Waals surface area contributed by atoms with Gasteiger partial charge in [0.15, 0.2) is 0 Å². The predicted molar refractivity (Wildman–Crippen MR) is 85.5 cm³/mol. The first-order valence-electron chi connectivity index (χ1n) is 8.35.